The molecule has 4 rings (SSSR count). The summed E-state index contributed by atoms with van der Waals surface area (Å²) in [6.07, 6.45) is 9.06. The summed E-state index contributed by atoms with van der Waals surface area (Å²) in [4.78, 5) is 39.2. The third kappa shape index (κ3) is 3.57. The van der Waals surface area contributed by atoms with Gasteiger partial charge in [0.15, 0.2) is 0 Å². The van der Waals surface area contributed by atoms with Crippen LogP contribution in [-0.4, -0.2) is 45.0 Å². The third-order valence-corrected chi connectivity index (χ3v) is 7.42. The number of rotatable bonds is 6. The van der Waals surface area contributed by atoms with E-state index in [2.05, 4.69) is 17.6 Å². The van der Waals surface area contributed by atoms with Gasteiger partial charge in [-0.25, -0.2) is 0 Å². The van der Waals surface area contributed by atoms with Crippen molar-refractivity contribution < 1.29 is 19.5 Å². The molecule has 0 spiro atoms. The van der Waals surface area contributed by atoms with Crippen molar-refractivity contribution in [1.29, 1.82) is 0 Å². The van der Waals surface area contributed by atoms with E-state index in [0.29, 0.717) is 36.2 Å². The van der Waals surface area contributed by atoms with Crippen molar-refractivity contribution in [3.05, 3.63) is 22.5 Å². The summed E-state index contributed by atoms with van der Waals surface area (Å²) < 4.78 is 1.89. The van der Waals surface area contributed by atoms with Gasteiger partial charge in [-0.3, -0.25) is 14.4 Å². The number of ketones is 1. The number of aromatic nitrogens is 1. The van der Waals surface area contributed by atoms with E-state index >= 15 is 0 Å². The van der Waals surface area contributed by atoms with Gasteiger partial charge in [-0.15, -0.1) is 0 Å². The molecular weight excluding hydrogens is 382 g/mol. The number of amides is 2. The van der Waals surface area contributed by atoms with E-state index in [1.165, 1.54) is 0 Å². The number of carbonyl (C=O) groups is 3. The summed E-state index contributed by atoms with van der Waals surface area (Å²) in [7, 11) is 0. The molecule has 0 atom stereocenters. The molecule has 0 bridgehead atoms. The van der Waals surface area contributed by atoms with Gasteiger partial charge in [0.05, 0.1) is 23.4 Å². The van der Waals surface area contributed by atoms with Gasteiger partial charge in [0.25, 0.3) is 17.6 Å². The van der Waals surface area contributed by atoms with Crippen molar-refractivity contribution >= 4 is 17.6 Å². The second kappa shape index (κ2) is 7.84. The van der Waals surface area contributed by atoms with Crippen LogP contribution < -0.4 is 10.6 Å². The standard InChI is InChI=1S/C23H33N3O4/c1-15-17(20(29)24-22(2)9-4-5-10-22)16-8-3-6-13-26(16)18(15)19(28)21(30)25-23(14-27)11-7-12-23/h27H,3-14H2,1-2H3,(H,24,29)(H,25,30). The van der Waals surface area contributed by atoms with Crippen LogP contribution in [-0.2, 0) is 17.8 Å². The van der Waals surface area contributed by atoms with Crippen LogP contribution in [0.3, 0.4) is 0 Å². The minimum absolute atomic E-state index is 0.132. The summed E-state index contributed by atoms with van der Waals surface area (Å²) in [6.45, 7) is 4.34. The number of aliphatic hydroxyl groups is 1. The maximum absolute atomic E-state index is 13.3. The second-order valence-corrected chi connectivity index (χ2v) is 9.70. The Morgan fingerprint density at radius 2 is 1.70 bits per heavy atom. The molecule has 1 aliphatic heterocycles. The first-order valence-electron chi connectivity index (χ1n) is 11.3. The maximum Gasteiger partial charge on any atom is 0.294 e. The first kappa shape index (κ1) is 21.1. The molecule has 2 heterocycles. The molecule has 7 heteroatoms. The zero-order valence-corrected chi connectivity index (χ0v) is 18.1. The average Bonchev–Trinajstić information content (AvgIpc) is 3.24. The Morgan fingerprint density at radius 3 is 2.30 bits per heavy atom. The highest BCUT2D eigenvalue weighted by molar-refractivity contribution is 6.43. The smallest absolute Gasteiger partial charge is 0.294 e. The molecule has 7 nitrogen and oxygen atoms in total. The molecule has 3 aliphatic rings. The van der Waals surface area contributed by atoms with Crippen LogP contribution in [0, 0.1) is 6.92 Å². The average molecular weight is 416 g/mol. The fraction of sp³-hybridized carbons (Fsp3) is 0.696. The van der Waals surface area contributed by atoms with Crippen molar-refractivity contribution in [3.63, 3.8) is 0 Å². The first-order valence-corrected chi connectivity index (χ1v) is 11.3. The topological polar surface area (TPSA) is 100 Å². The highest BCUT2D eigenvalue weighted by atomic mass is 16.3. The summed E-state index contributed by atoms with van der Waals surface area (Å²) in [5, 5.41) is 15.6. The molecule has 2 fully saturated rings. The molecule has 2 aliphatic carbocycles. The number of Topliss-reactive ketones (excluding diaryl/α,β-unsaturated/α-hetero) is 1. The minimum atomic E-state index is -0.688. The normalized spacial score (nSPS) is 21.4. The van der Waals surface area contributed by atoms with Gasteiger partial charge in [-0.05, 0) is 70.8 Å². The number of carbonyl (C=O) groups excluding carboxylic acids is 3. The zero-order valence-electron chi connectivity index (χ0n) is 18.1. The molecule has 164 valence electrons. The van der Waals surface area contributed by atoms with E-state index in [-0.39, 0.29) is 18.1 Å². The Hall–Kier alpha value is -2.15. The van der Waals surface area contributed by atoms with Gasteiger partial charge in [0, 0.05) is 17.8 Å². The maximum atomic E-state index is 13.3. The third-order valence-electron chi connectivity index (χ3n) is 7.42. The van der Waals surface area contributed by atoms with E-state index in [1.54, 1.807) is 6.92 Å². The SMILES string of the molecule is Cc1c(C(=O)NC2(C)CCCC2)c2n(c1C(=O)C(=O)NC1(CO)CCC1)CCCC2. The van der Waals surface area contributed by atoms with Gasteiger partial charge < -0.3 is 20.3 Å². The number of aliphatic hydroxyl groups excluding tert-OH is 1. The first-order chi connectivity index (χ1) is 14.3. The lowest BCUT2D eigenvalue weighted by Gasteiger charge is -2.40. The van der Waals surface area contributed by atoms with E-state index in [9.17, 15) is 19.5 Å². The number of fused-ring (bicyclic) bond motifs is 1. The molecule has 30 heavy (non-hydrogen) atoms. The Bertz CT molecular complexity index is 870. The number of nitrogens with one attached hydrogen (secondary N) is 2. The van der Waals surface area contributed by atoms with Gasteiger partial charge in [0.1, 0.15) is 0 Å². The van der Waals surface area contributed by atoms with E-state index in [1.807, 2.05) is 4.57 Å². The Morgan fingerprint density at radius 1 is 1.00 bits per heavy atom. The lowest BCUT2D eigenvalue weighted by atomic mass is 9.77. The highest BCUT2D eigenvalue weighted by Crippen LogP contribution is 2.34. The summed E-state index contributed by atoms with van der Waals surface area (Å²) in [6, 6.07) is 0. The van der Waals surface area contributed by atoms with Gasteiger partial charge >= 0.3 is 0 Å². The highest BCUT2D eigenvalue weighted by Gasteiger charge is 2.41. The minimum Gasteiger partial charge on any atom is -0.394 e. The predicted molar refractivity (Wildman–Crippen MR) is 113 cm³/mol. The molecule has 0 radical (unpaired) electrons. The Labute approximate surface area is 177 Å². The van der Waals surface area contributed by atoms with Crippen LogP contribution in [0.25, 0.3) is 0 Å². The van der Waals surface area contributed by atoms with Crippen LogP contribution in [0.15, 0.2) is 0 Å². The fourth-order valence-electron chi connectivity index (χ4n) is 5.42. The monoisotopic (exact) mass is 415 g/mol. The summed E-state index contributed by atoms with van der Waals surface area (Å²) in [5.74, 6) is -1.43. The van der Waals surface area contributed by atoms with Gasteiger partial charge in [0.2, 0.25) is 0 Å². The quantitative estimate of drug-likeness (QED) is 0.491. The number of hydrogen-bond acceptors (Lipinski definition) is 4. The van der Waals surface area contributed by atoms with Crippen LogP contribution in [0.2, 0.25) is 0 Å². The van der Waals surface area contributed by atoms with Crippen LogP contribution in [0.4, 0.5) is 0 Å². The summed E-state index contributed by atoms with van der Waals surface area (Å²) >= 11 is 0. The summed E-state index contributed by atoms with van der Waals surface area (Å²) in [5.41, 5.74) is 1.49. The molecule has 0 aromatic carbocycles. The zero-order chi connectivity index (χ0) is 21.5. The number of nitrogens with zero attached hydrogens (tertiary/aromatic N) is 1. The molecule has 2 saturated carbocycles. The van der Waals surface area contributed by atoms with Crippen molar-refractivity contribution in [2.45, 2.75) is 95.7 Å². The number of hydrogen-bond donors (Lipinski definition) is 3. The molecule has 1 aromatic rings. The molecule has 0 unspecified atom stereocenters. The predicted octanol–water partition coefficient (Wildman–Crippen LogP) is 2.41. The molecule has 0 saturated heterocycles. The Kier molecular flexibility index (Phi) is 5.51. The molecule has 1 aromatic heterocycles. The molecular formula is C23H33N3O4. The van der Waals surface area contributed by atoms with Crippen LogP contribution >= 0.6 is 0 Å². The van der Waals surface area contributed by atoms with Gasteiger partial charge in [-0.2, -0.15) is 0 Å². The van der Waals surface area contributed by atoms with Crippen molar-refractivity contribution in [2.24, 2.45) is 0 Å². The molecule has 3 N–H and O–H groups in total. The largest absolute Gasteiger partial charge is 0.394 e. The van der Waals surface area contributed by atoms with Crippen LogP contribution in [0.1, 0.15) is 96.8 Å². The lowest BCUT2D eigenvalue weighted by Crippen LogP contribution is -2.57. The van der Waals surface area contributed by atoms with Gasteiger partial charge in [-0.1, -0.05) is 12.8 Å². The molecule has 2 amide bonds. The Balaban J connectivity index is 1.64. The fourth-order valence-corrected chi connectivity index (χ4v) is 5.42. The van der Waals surface area contributed by atoms with Crippen LogP contribution in [0.5, 0.6) is 0 Å². The van der Waals surface area contributed by atoms with Crippen molar-refractivity contribution in [1.82, 2.24) is 15.2 Å². The van der Waals surface area contributed by atoms with E-state index < -0.39 is 17.2 Å². The van der Waals surface area contributed by atoms with Crippen molar-refractivity contribution in [3.8, 4) is 0 Å². The lowest BCUT2D eigenvalue weighted by molar-refractivity contribution is -0.120. The second-order valence-electron chi connectivity index (χ2n) is 9.70. The van der Waals surface area contributed by atoms with E-state index in [0.717, 1.165) is 57.1 Å². The van der Waals surface area contributed by atoms with Crippen molar-refractivity contribution in [2.75, 3.05) is 6.61 Å². The van der Waals surface area contributed by atoms with E-state index in [4.69, 9.17) is 0 Å².